The fourth-order valence-corrected chi connectivity index (χ4v) is 1.75. The summed E-state index contributed by atoms with van der Waals surface area (Å²) < 4.78 is 1.93. The molecule has 1 aliphatic heterocycles. The first-order chi connectivity index (χ1) is 7.74. The van der Waals surface area contributed by atoms with E-state index >= 15 is 0 Å². The largest absolute Gasteiger partial charge is 0.372 e. The Morgan fingerprint density at radius 3 is 3.06 bits per heavy atom. The van der Waals surface area contributed by atoms with Crippen molar-refractivity contribution in [2.24, 2.45) is 0 Å². The number of nitrogens with one attached hydrogen (secondary N) is 1. The van der Waals surface area contributed by atoms with Gasteiger partial charge in [-0.05, 0) is 12.8 Å². The summed E-state index contributed by atoms with van der Waals surface area (Å²) in [6.07, 6.45) is 0. The second-order valence-corrected chi connectivity index (χ2v) is 3.60. The lowest BCUT2D eigenvalue weighted by molar-refractivity contribution is -0.126. The summed E-state index contributed by atoms with van der Waals surface area (Å²) in [5.74, 6) is 5.92. The molecule has 1 aromatic heterocycles. The smallest absolute Gasteiger partial charge is 0.298 e. The molecule has 0 bridgehead atoms. The lowest BCUT2D eigenvalue weighted by Crippen LogP contribution is -2.37. The number of rotatable bonds is 1. The average molecular weight is 218 g/mol. The van der Waals surface area contributed by atoms with Crippen molar-refractivity contribution in [2.75, 3.05) is 18.9 Å². The number of carbonyl (C=O) groups is 1. The molecule has 0 aromatic carbocycles. The molecule has 0 atom stereocenters. The van der Waals surface area contributed by atoms with Crippen LogP contribution in [0, 0.1) is 11.8 Å². The molecule has 84 valence electrons. The van der Waals surface area contributed by atoms with Crippen LogP contribution in [0.4, 0.5) is 5.82 Å². The van der Waals surface area contributed by atoms with Crippen LogP contribution >= 0.6 is 0 Å². The molecular weight excluding hydrogens is 204 g/mol. The van der Waals surface area contributed by atoms with E-state index in [1.54, 1.807) is 11.8 Å². The molecule has 0 saturated heterocycles. The number of hydrogen-bond acceptors (Lipinski definition) is 3. The van der Waals surface area contributed by atoms with Crippen LogP contribution in [0.1, 0.15) is 12.6 Å². The van der Waals surface area contributed by atoms with Gasteiger partial charge in [0.15, 0.2) is 0 Å². The summed E-state index contributed by atoms with van der Waals surface area (Å²) in [6, 6.07) is 1.96. The van der Waals surface area contributed by atoms with Gasteiger partial charge in [0, 0.05) is 19.7 Å². The Morgan fingerprint density at radius 1 is 1.56 bits per heavy atom. The fourth-order valence-electron chi connectivity index (χ4n) is 1.75. The maximum Gasteiger partial charge on any atom is 0.298 e. The SMILES string of the molecule is CC#CC(=O)N1CCn2nc(NC)cc2C1. The molecule has 1 aromatic rings. The number of fused-ring (bicyclic) bond motifs is 1. The zero-order valence-electron chi connectivity index (χ0n) is 9.45. The minimum absolute atomic E-state index is 0.110. The number of nitrogens with zero attached hydrogens (tertiary/aromatic N) is 3. The van der Waals surface area contributed by atoms with E-state index < -0.39 is 0 Å². The Morgan fingerprint density at radius 2 is 2.38 bits per heavy atom. The second kappa shape index (κ2) is 4.27. The highest BCUT2D eigenvalue weighted by molar-refractivity contribution is 5.93. The highest BCUT2D eigenvalue weighted by Crippen LogP contribution is 2.15. The quantitative estimate of drug-likeness (QED) is 0.689. The molecule has 2 heterocycles. The van der Waals surface area contributed by atoms with E-state index in [1.807, 2.05) is 17.8 Å². The summed E-state index contributed by atoms with van der Waals surface area (Å²) in [4.78, 5) is 13.3. The Bertz CT molecular complexity index is 466. The van der Waals surface area contributed by atoms with Gasteiger partial charge in [0.05, 0.1) is 18.8 Å². The van der Waals surface area contributed by atoms with Crippen molar-refractivity contribution in [3.63, 3.8) is 0 Å². The maximum absolute atomic E-state index is 11.6. The standard InChI is InChI=1S/C11H14N4O/c1-3-4-11(16)14-5-6-15-9(8-14)7-10(12-2)13-15/h7H,5-6,8H2,1-2H3,(H,12,13). The normalized spacial score (nSPS) is 13.8. The number of amides is 1. The van der Waals surface area contributed by atoms with Crippen molar-refractivity contribution in [3.05, 3.63) is 11.8 Å². The lowest BCUT2D eigenvalue weighted by Gasteiger charge is -2.25. The number of aromatic nitrogens is 2. The Kier molecular flexibility index (Phi) is 2.82. The van der Waals surface area contributed by atoms with Crippen molar-refractivity contribution in [2.45, 2.75) is 20.0 Å². The van der Waals surface area contributed by atoms with Crippen molar-refractivity contribution in [1.29, 1.82) is 0 Å². The Hall–Kier alpha value is -1.96. The monoisotopic (exact) mass is 218 g/mol. The van der Waals surface area contributed by atoms with Gasteiger partial charge in [-0.3, -0.25) is 9.48 Å². The van der Waals surface area contributed by atoms with Crippen LogP contribution in [0.5, 0.6) is 0 Å². The van der Waals surface area contributed by atoms with E-state index in [-0.39, 0.29) is 5.91 Å². The molecule has 5 heteroatoms. The summed E-state index contributed by atoms with van der Waals surface area (Å²) in [6.45, 7) is 3.66. The average Bonchev–Trinajstić information content (AvgIpc) is 2.70. The Labute approximate surface area is 94.4 Å². The van der Waals surface area contributed by atoms with E-state index in [0.717, 1.165) is 18.1 Å². The van der Waals surface area contributed by atoms with Crippen LogP contribution in [0.3, 0.4) is 0 Å². The zero-order valence-corrected chi connectivity index (χ0v) is 9.45. The second-order valence-electron chi connectivity index (χ2n) is 3.60. The van der Waals surface area contributed by atoms with Gasteiger partial charge in [-0.1, -0.05) is 5.92 Å². The van der Waals surface area contributed by atoms with E-state index in [0.29, 0.717) is 13.1 Å². The number of anilines is 1. The molecule has 0 spiro atoms. The van der Waals surface area contributed by atoms with Gasteiger partial charge in [-0.15, -0.1) is 0 Å². The van der Waals surface area contributed by atoms with Crippen LogP contribution < -0.4 is 5.32 Å². The van der Waals surface area contributed by atoms with E-state index in [9.17, 15) is 4.79 Å². The van der Waals surface area contributed by atoms with Gasteiger partial charge >= 0.3 is 0 Å². The minimum Gasteiger partial charge on any atom is -0.372 e. The highest BCUT2D eigenvalue weighted by Gasteiger charge is 2.20. The molecule has 5 nitrogen and oxygen atoms in total. The Balaban J connectivity index is 2.16. The van der Waals surface area contributed by atoms with Crippen molar-refractivity contribution >= 4 is 11.7 Å². The molecule has 1 amide bonds. The summed E-state index contributed by atoms with van der Waals surface area (Å²) in [5.41, 5.74) is 1.04. The molecule has 0 unspecified atom stereocenters. The van der Waals surface area contributed by atoms with E-state index in [4.69, 9.17) is 0 Å². The molecule has 0 aliphatic carbocycles. The van der Waals surface area contributed by atoms with Gasteiger partial charge in [0.1, 0.15) is 5.82 Å². The zero-order chi connectivity index (χ0) is 11.5. The van der Waals surface area contributed by atoms with E-state index in [1.165, 1.54) is 0 Å². The first kappa shape index (κ1) is 10.6. The predicted octanol–water partition coefficient (Wildman–Crippen LogP) is 0.290. The summed E-state index contributed by atoms with van der Waals surface area (Å²) in [7, 11) is 1.83. The van der Waals surface area contributed by atoms with Crippen LogP contribution in [0.2, 0.25) is 0 Å². The van der Waals surface area contributed by atoms with Crippen molar-refractivity contribution in [1.82, 2.24) is 14.7 Å². The van der Waals surface area contributed by atoms with E-state index in [2.05, 4.69) is 22.3 Å². The third-order valence-corrected chi connectivity index (χ3v) is 2.57. The molecule has 1 aliphatic rings. The fraction of sp³-hybridized carbons (Fsp3) is 0.455. The van der Waals surface area contributed by atoms with Crippen LogP contribution in [-0.2, 0) is 17.9 Å². The first-order valence-corrected chi connectivity index (χ1v) is 5.20. The maximum atomic E-state index is 11.6. The molecular formula is C11H14N4O. The molecule has 1 N–H and O–H groups in total. The van der Waals surface area contributed by atoms with Crippen molar-refractivity contribution in [3.8, 4) is 11.8 Å². The van der Waals surface area contributed by atoms with Gasteiger partial charge < -0.3 is 10.2 Å². The number of carbonyl (C=O) groups excluding carboxylic acids is 1. The number of hydrogen-bond donors (Lipinski definition) is 1. The highest BCUT2D eigenvalue weighted by atomic mass is 16.2. The lowest BCUT2D eigenvalue weighted by atomic mass is 10.3. The van der Waals surface area contributed by atoms with Crippen LogP contribution in [-0.4, -0.2) is 34.2 Å². The molecule has 0 radical (unpaired) electrons. The topological polar surface area (TPSA) is 50.2 Å². The first-order valence-electron chi connectivity index (χ1n) is 5.20. The summed E-state index contributed by atoms with van der Waals surface area (Å²) in [5, 5.41) is 7.33. The van der Waals surface area contributed by atoms with Crippen LogP contribution in [0.15, 0.2) is 6.07 Å². The summed E-state index contributed by atoms with van der Waals surface area (Å²) >= 11 is 0. The minimum atomic E-state index is -0.110. The molecule has 0 saturated carbocycles. The van der Waals surface area contributed by atoms with Crippen LogP contribution in [0.25, 0.3) is 0 Å². The molecule has 2 rings (SSSR count). The van der Waals surface area contributed by atoms with Gasteiger partial charge in [-0.25, -0.2) is 0 Å². The molecule has 16 heavy (non-hydrogen) atoms. The predicted molar refractivity (Wildman–Crippen MR) is 60.6 cm³/mol. The van der Waals surface area contributed by atoms with Gasteiger partial charge in [-0.2, -0.15) is 5.10 Å². The third kappa shape index (κ3) is 1.87. The van der Waals surface area contributed by atoms with Gasteiger partial charge in [0.25, 0.3) is 5.91 Å². The van der Waals surface area contributed by atoms with Crippen molar-refractivity contribution < 1.29 is 4.79 Å². The molecule has 0 fully saturated rings. The van der Waals surface area contributed by atoms with Gasteiger partial charge in [0.2, 0.25) is 0 Å². The third-order valence-electron chi connectivity index (χ3n) is 2.57.